The maximum absolute atomic E-state index is 2.66. The van der Waals surface area contributed by atoms with Gasteiger partial charge < -0.3 is 9.80 Å². The van der Waals surface area contributed by atoms with Crippen LogP contribution in [0.2, 0.25) is 0 Å². The Morgan fingerprint density at radius 2 is 0.742 bits per heavy atom. The molecule has 0 radical (unpaired) electrons. The van der Waals surface area contributed by atoms with E-state index in [9.17, 15) is 0 Å². The standard InChI is InChI=1S/C29H58N2/c1-4-7-10-12-13-14-15-16-17-18-19-21-24-29-30(25-22-9-6-3)27-28-31(29)26-23-20-11-8-5-2/h27-29H,4-26H2,1-3H3. The summed E-state index contributed by atoms with van der Waals surface area (Å²) in [6.45, 7) is 9.43. The zero-order valence-electron chi connectivity index (χ0n) is 21.9. The lowest BCUT2D eigenvalue weighted by molar-refractivity contribution is 0.135. The Kier molecular flexibility index (Phi) is 19.4. The fraction of sp³-hybridized carbons (Fsp3) is 0.931. The van der Waals surface area contributed by atoms with Crippen molar-refractivity contribution in [2.45, 2.75) is 162 Å². The topological polar surface area (TPSA) is 6.48 Å². The molecule has 2 heteroatoms. The molecule has 0 aromatic rings. The van der Waals surface area contributed by atoms with E-state index >= 15 is 0 Å². The molecule has 0 aliphatic carbocycles. The van der Waals surface area contributed by atoms with Crippen molar-refractivity contribution >= 4 is 0 Å². The van der Waals surface area contributed by atoms with Gasteiger partial charge in [-0.05, 0) is 25.7 Å². The van der Waals surface area contributed by atoms with Crippen LogP contribution in [0.15, 0.2) is 12.4 Å². The molecule has 0 saturated carbocycles. The molecule has 0 amide bonds. The molecular weight excluding hydrogens is 376 g/mol. The van der Waals surface area contributed by atoms with Gasteiger partial charge in [-0.15, -0.1) is 0 Å². The molecule has 1 unspecified atom stereocenters. The zero-order chi connectivity index (χ0) is 22.4. The number of unbranched alkanes of at least 4 members (excludes halogenated alkanes) is 17. The molecule has 0 N–H and O–H groups in total. The summed E-state index contributed by atoms with van der Waals surface area (Å²) < 4.78 is 0. The van der Waals surface area contributed by atoms with E-state index in [1.165, 1.54) is 148 Å². The van der Waals surface area contributed by atoms with Crippen molar-refractivity contribution in [3.63, 3.8) is 0 Å². The van der Waals surface area contributed by atoms with Gasteiger partial charge in [-0.2, -0.15) is 0 Å². The lowest BCUT2D eigenvalue weighted by Crippen LogP contribution is -2.39. The van der Waals surface area contributed by atoms with Crippen LogP contribution in [-0.2, 0) is 0 Å². The van der Waals surface area contributed by atoms with Gasteiger partial charge in [0.25, 0.3) is 0 Å². The van der Waals surface area contributed by atoms with E-state index in [1.807, 2.05) is 0 Å². The second kappa shape index (κ2) is 21.2. The Hall–Kier alpha value is -0.660. The second-order valence-corrected chi connectivity index (χ2v) is 10.1. The Labute approximate surface area is 197 Å². The highest BCUT2D eigenvalue weighted by atomic mass is 15.4. The van der Waals surface area contributed by atoms with Crippen LogP contribution in [-0.4, -0.2) is 29.1 Å². The summed E-state index contributed by atoms with van der Waals surface area (Å²) in [5.74, 6) is 0. The van der Waals surface area contributed by atoms with Crippen LogP contribution in [0.25, 0.3) is 0 Å². The van der Waals surface area contributed by atoms with Crippen molar-refractivity contribution in [3.05, 3.63) is 12.4 Å². The van der Waals surface area contributed by atoms with Crippen molar-refractivity contribution in [1.29, 1.82) is 0 Å². The zero-order valence-corrected chi connectivity index (χ0v) is 21.9. The maximum atomic E-state index is 2.66. The lowest BCUT2D eigenvalue weighted by atomic mass is 10.0. The fourth-order valence-electron chi connectivity index (χ4n) is 4.95. The molecule has 1 heterocycles. The summed E-state index contributed by atoms with van der Waals surface area (Å²) in [7, 11) is 0. The van der Waals surface area contributed by atoms with Gasteiger partial charge in [0.05, 0.1) is 0 Å². The van der Waals surface area contributed by atoms with Crippen molar-refractivity contribution in [3.8, 4) is 0 Å². The summed E-state index contributed by atoms with van der Waals surface area (Å²) >= 11 is 0. The minimum Gasteiger partial charge on any atom is -0.356 e. The summed E-state index contributed by atoms with van der Waals surface area (Å²) in [6.07, 6.45) is 35.1. The molecule has 1 rings (SSSR count). The highest BCUT2D eigenvalue weighted by Crippen LogP contribution is 2.23. The molecule has 0 aromatic carbocycles. The molecule has 1 aliphatic rings. The first-order valence-corrected chi connectivity index (χ1v) is 14.5. The van der Waals surface area contributed by atoms with Crippen LogP contribution in [0.1, 0.15) is 156 Å². The molecule has 0 fully saturated rings. The highest BCUT2D eigenvalue weighted by Gasteiger charge is 2.24. The van der Waals surface area contributed by atoms with Crippen LogP contribution in [0.5, 0.6) is 0 Å². The average Bonchev–Trinajstić information content (AvgIpc) is 3.16. The van der Waals surface area contributed by atoms with Crippen LogP contribution in [0.4, 0.5) is 0 Å². The van der Waals surface area contributed by atoms with E-state index in [2.05, 4.69) is 43.0 Å². The number of nitrogens with zero attached hydrogens (tertiary/aromatic N) is 2. The molecular formula is C29H58N2. The molecule has 1 atom stereocenters. The molecule has 0 bridgehead atoms. The van der Waals surface area contributed by atoms with Gasteiger partial charge in [-0.3, -0.25) is 0 Å². The van der Waals surface area contributed by atoms with Crippen LogP contribution in [0.3, 0.4) is 0 Å². The Morgan fingerprint density at radius 3 is 1.19 bits per heavy atom. The fourth-order valence-corrected chi connectivity index (χ4v) is 4.95. The normalized spacial score (nSPS) is 16.0. The first-order valence-electron chi connectivity index (χ1n) is 14.5. The van der Waals surface area contributed by atoms with Gasteiger partial charge in [0.15, 0.2) is 0 Å². The average molecular weight is 435 g/mol. The summed E-state index contributed by atoms with van der Waals surface area (Å²) in [6, 6.07) is 0. The van der Waals surface area contributed by atoms with E-state index in [-0.39, 0.29) is 0 Å². The smallest absolute Gasteiger partial charge is 0.101 e. The van der Waals surface area contributed by atoms with E-state index in [0.717, 1.165) is 0 Å². The van der Waals surface area contributed by atoms with Crippen LogP contribution >= 0.6 is 0 Å². The first kappa shape index (κ1) is 28.4. The Bertz CT molecular complexity index is 392. The summed E-state index contributed by atoms with van der Waals surface area (Å²) in [5.41, 5.74) is 0. The first-order chi connectivity index (χ1) is 15.3. The van der Waals surface area contributed by atoms with Crippen molar-refractivity contribution < 1.29 is 0 Å². The minimum absolute atomic E-state index is 0.645. The lowest BCUT2D eigenvalue weighted by Gasteiger charge is -2.33. The molecule has 0 aromatic heterocycles. The molecule has 0 saturated heterocycles. The Morgan fingerprint density at radius 1 is 0.419 bits per heavy atom. The molecule has 0 spiro atoms. The van der Waals surface area contributed by atoms with Gasteiger partial charge >= 0.3 is 0 Å². The predicted molar refractivity (Wildman–Crippen MR) is 140 cm³/mol. The number of hydrogen-bond donors (Lipinski definition) is 0. The van der Waals surface area contributed by atoms with Crippen molar-refractivity contribution in [1.82, 2.24) is 9.80 Å². The quantitative estimate of drug-likeness (QED) is 0.148. The van der Waals surface area contributed by atoms with Crippen LogP contribution < -0.4 is 0 Å². The second-order valence-electron chi connectivity index (χ2n) is 10.1. The Balaban J connectivity index is 2.15. The minimum atomic E-state index is 0.645. The van der Waals surface area contributed by atoms with Gasteiger partial charge in [-0.1, -0.05) is 130 Å². The number of hydrogen-bond acceptors (Lipinski definition) is 2. The van der Waals surface area contributed by atoms with Gasteiger partial charge in [-0.25, -0.2) is 0 Å². The van der Waals surface area contributed by atoms with E-state index in [1.54, 1.807) is 0 Å². The van der Waals surface area contributed by atoms with E-state index in [4.69, 9.17) is 0 Å². The summed E-state index contributed by atoms with van der Waals surface area (Å²) in [4.78, 5) is 5.32. The van der Waals surface area contributed by atoms with E-state index < -0.39 is 0 Å². The van der Waals surface area contributed by atoms with Crippen molar-refractivity contribution in [2.75, 3.05) is 13.1 Å². The third kappa shape index (κ3) is 14.9. The SMILES string of the molecule is CCCCCCCCCCCCCCC1N(CCCCC)C=CN1CCCCCCC. The highest BCUT2D eigenvalue weighted by molar-refractivity contribution is 4.96. The third-order valence-corrected chi connectivity index (χ3v) is 7.07. The van der Waals surface area contributed by atoms with E-state index in [0.29, 0.717) is 6.17 Å². The van der Waals surface area contributed by atoms with Gasteiger partial charge in [0.1, 0.15) is 6.17 Å². The van der Waals surface area contributed by atoms with Gasteiger partial charge in [0.2, 0.25) is 0 Å². The monoisotopic (exact) mass is 434 g/mol. The third-order valence-electron chi connectivity index (χ3n) is 7.07. The molecule has 31 heavy (non-hydrogen) atoms. The maximum Gasteiger partial charge on any atom is 0.101 e. The molecule has 2 nitrogen and oxygen atoms in total. The molecule has 184 valence electrons. The summed E-state index contributed by atoms with van der Waals surface area (Å²) in [5, 5.41) is 0. The molecule has 1 aliphatic heterocycles. The van der Waals surface area contributed by atoms with Crippen LogP contribution in [0, 0.1) is 0 Å². The van der Waals surface area contributed by atoms with Gasteiger partial charge in [0, 0.05) is 25.5 Å². The van der Waals surface area contributed by atoms with Crippen molar-refractivity contribution in [2.24, 2.45) is 0 Å². The predicted octanol–water partition coefficient (Wildman–Crippen LogP) is 9.65. The number of rotatable bonds is 23. The largest absolute Gasteiger partial charge is 0.356 e.